The molecule has 0 radical (unpaired) electrons. The number of benzene rings is 2. The first-order valence-corrected chi connectivity index (χ1v) is 50.9. The topological polar surface area (TPSA) is 1000 Å². The fourth-order valence-corrected chi connectivity index (χ4v) is 18.9. The molecule has 122 heavy (non-hydrogen) atoms. The van der Waals surface area contributed by atoms with Gasteiger partial charge in [-0.15, -0.1) is 0 Å². The molecule has 4 saturated heterocycles. The lowest BCUT2D eigenvalue weighted by Crippen LogP contribution is -2.66. The first-order chi connectivity index (χ1) is 54.9. The van der Waals surface area contributed by atoms with E-state index < -0.39 is 318 Å². The second-order valence-corrected chi connectivity index (χ2v) is 40.2. The first kappa shape index (κ1) is 107. The molecule has 4 fully saturated rings. The highest BCUT2D eigenvalue weighted by molar-refractivity contribution is 8.00. The SMILES string of the molecule is O=C(CCC(=O)Nc1ccc(S[C@@H]2O[C@H](COS(=O)(=O)O)[C@@H](O[C@H]3O[C@H](COS(=O)(=O)O)[C@@H](OS(=O)(=O)O)[C@H](OS(=O)(=O)O)[C@H]3OS(=O)(=O)O)[C@H](OS(=O)(=O)O)[C@H]2OS(=O)(=O)O)cc1)Nc1ccc(S[C@@H]2O[C@H](COS(=O)(=O)O)[C@@H](O[C@H]3O[C@H](COS(=O)(=O)O)[C@@H](OS(=O)(=O)O)[C@H](OS(=O)(=O)O)[C@H]3OS(=O)(=O)O)[C@H](OS(=O)(=O)O)[C@H]2OS(=O)(=O)O)cc1. The van der Waals surface area contributed by atoms with Crippen LogP contribution in [-0.4, -0.2) is 341 Å². The van der Waals surface area contributed by atoms with Gasteiger partial charge in [-0.2, -0.15) is 118 Å². The van der Waals surface area contributed by atoms with Crippen LogP contribution in [0.15, 0.2) is 58.3 Å². The summed E-state index contributed by atoms with van der Waals surface area (Å²) < 4.78 is 568. The fourth-order valence-electron chi connectivity index (χ4n) is 10.4. The van der Waals surface area contributed by atoms with Gasteiger partial charge in [-0.05, 0) is 48.5 Å². The molecule has 0 aromatic heterocycles. The van der Waals surface area contributed by atoms with Crippen molar-refractivity contribution in [3.8, 4) is 0 Å². The summed E-state index contributed by atoms with van der Waals surface area (Å²) in [6.07, 6.45) is -58.4. The second kappa shape index (κ2) is 41.0. The molecule has 0 aliphatic carbocycles. The van der Waals surface area contributed by atoms with Gasteiger partial charge in [0.25, 0.3) is 0 Å². The molecule has 0 bridgehead atoms. The Bertz CT molecular complexity index is 5410. The highest BCUT2D eigenvalue weighted by Gasteiger charge is 2.62. The van der Waals surface area contributed by atoms with Crippen LogP contribution in [0.1, 0.15) is 12.8 Å². The molecule has 2 aromatic rings. The lowest BCUT2D eigenvalue weighted by Gasteiger charge is -2.48. The van der Waals surface area contributed by atoms with Gasteiger partial charge in [0, 0.05) is 34.0 Å². The maximum Gasteiger partial charge on any atom is 0.397 e. The molecule has 2 amide bonds. The smallest absolute Gasteiger partial charge is 0.356 e. The second-order valence-electron chi connectivity index (χ2n) is 23.0. The Hall–Kier alpha value is -3.98. The summed E-state index contributed by atoms with van der Waals surface area (Å²) in [5, 5.41) is 4.57. The average Bonchev–Trinajstić information content (AvgIpc) is 0.758. The zero-order valence-electron chi connectivity index (χ0n) is 57.6. The number of rotatable bonds is 45. The van der Waals surface area contributed by atoms with Crippen molar-refractivity contribution in [3.05, 3.63) is 48.5 Å². The Morgan fingerprint density at radius 2 is 0.459 bits per heavy atom. The molecular weight excluding hydrogens is 2050 g/mol. The molecule has 706 valence electrons. The Morgan fingerprint density at radius 1 is 0.262 bits per heavy atom. The van der Waals surface area contributed by atoms with Gasteiger partial charge in [0.15, 0.2) is 24.8 Å². The molecule has 0 saturated carbocycles. The number of ether oxygens (including phenoxy) is 6. The molecule has 6 rings (SSSR count). The predicted molar refractivity (Wildman–Crippen MR) is 370 cm³/mol. The third-order valence-electron chi connectivity index (χ3n) is 14.2. The molecule has 82 heteroatoms. The molecule has 0 unspecified atom stereocenters. The van der Waals surface area contributed by atoms with Gasteiger partial charge in [-0.3, -0.25) is 73.3 Å². The van der Waals surface area contributed by atoms with E-state index in [-0.39, 0.29) is 44.7 Å². The monoisotopic (exact) mass is 2100 g/mol. The van der Waals surface area contributed by atoms with Crippen LogP contribution < -0.4 is 10.6 Å². The Labute approximate surface area is 694 Å². The zero-order valence-corrected chi connectivity index (χ0v) is 70.7. The lowest BCUT2D eigenvalue weighted by atomic mass is 9.97. The van der Waals surface area contributed by atoms with Gasteiger partial charge in [0.05, 0.1) is 26.4 Å². The first-order valence-electron chi connectivity index (χ1n) is 30.0. The molecular formula is C40H56N2O64S16. The van der Waals surface area contributed by atoms with E-state index in [4.69, 9.17) is 28.4 Å². The van der Waals surface area contributed by atoms with Crippen molar-refractivity contribution in [3.63, 3.8) is 0 Å². The number of carbonyl (C=O) groups excluding carboxylic acids is 2. The molecule has 0 spiro atoms. The minimum absolute atomic E-state index is 0.0786. The summed E-state index contributed by atoms with van der Waals surface area (Å²) in [6, 6.07) is 7.71. The van der Waals surface area contributed by atoms with Crippen LogP contribution >= 0.6 is 23.5 Å². The molecule has 16 N–H and O–H groups in total. The van der Waals surface area contributed by atoms with Crippen LogP contribution in [-0.2, 0) is 242 Å². The van der Waals surface area contributed by atoms with Crippen LogP contribution in [0.3, 0.4) is 0 Å². The quantitative estimate of drug-likeness (QED) is 0.0274. The summed E-state index contributed by atoms with van der Waals surface area (Å²) in [5.74, 6) is -2.05. The molecule has 4 heterocycles. The largest absolute Gasteiger partial charge is 0.397 e. The maximum atomic E-state index is 13.2. The van der Waals surface area contributed by atoms with Crippen LogP contribution in [0.2, 0.25) is 0 Å². The predicted octanol–water partition coefficient (Wildman–Crippen LogP) is -7.94. The van der Waals surface area contributed by atoms with E-state index in [0.29, 0.717) is 0 Å². The van der Waals surface area contributed by atoms with E-state index in [9.17, 15) is 191 Å². The highest BCUT2D eigenvalue weighted by atomic mass is 32.3. The average molecular weight is 2100 g/mol. The number of carbonyl (C=O) groups is 2. The summed E-state index contributed by atoms with van der Waals surface area (Å²) in [5.41, 5.74) is -5.38. The minimum atomic E-state index is -6.30. The zero-order chi connectivity index (χ0) is 92.9. The lowest BCUT2D eigenvalue weighted by molar-refractivity contribution is -0.325. The van der Waals surface area contributed by atoms with Crippen molar-refractivity contribution in [1.29, 1.82) is 0 Å². The fraction of sp³-hybridized carbons (Fsp3) is 0.650. The van der Waals surface area contributed by atoms with Crippen molar-refractivity contribution in [2.24, 2.45) is 0 Å². The van der Waals surface area contributed by atoms with Gasteiger partial charge in [-0.25, -0.2) is 58.6 Å². The normalized spacial score (nSPS) is 28.7. The van der Waals surface area contributed by atoms with E-state index >= 15 is 0 Å². The highest BCUT2D eigenvalue weighted by Crippen LogP contribution is 2.44. The van der Waals surface area contributed by atoms with Crippen molar-refractivity contribution >= 4 is 192 Å². The third kappa shape index (κ3) is 38.8. The molecule has 4 aliphatic heterocycles. The van der Waals surface area contributed by atoms with Gasteiger partial charge < -0.3 is 39.1 Å². The Balaban J connectivity index is 1.26. The summed E-state index contributed by atoms with van der Waals surface area (Å²) in [6.45, 7) is -7.68. The van der Waals surface area contributed by atoms with Gasteiger partial charge in [0.1, 0.15) is 96.3 Å². The van der Waals surface area contributed by atoms with Crippen LogP contribution in [0, 0.1) is 0 Å². The minimum Gasteiger partial charge on any atom is -0.356 e. The van der Waals surface area contributed by atoms with Crippen molar-refractivity contribution in [1.82, 2.24) is 0 Å². The van der Waals surface area contributed by atoms with Crippen LogP contribution in [0.25, 0.3) is 0 Å². The Kier molecular flexibility index (Phi) is 35.9. The van der Waals surface area contributed by atoms with E-state index in [0.717, 1.165) is 48.5 Å². The molecule has 4 aliphatic rings. The van der Waals surface area contributed by atoms with E-state index in [1.54, 1.807) is 0 Å². The number of hydrogen-bond acceptors (Lipinski definition) is 52. The van der Waals surface area contributed by atoms with Gasteiger partial charge in [-0.1, -0.05) is 23.5 Å². The van der Waals surface area contributed by atoms with E-state index in [1.807, 2.05) is 0 Å². The number of amides is 2. The molecule has 2 aromatic carbocycles. The van der Waals surface area contributed by atoms with Crippen LogP contribution in [0.4, 0.5) is 11.4 Å². The van der Waals surface area contributed by atoms with Crippen molar-refractivity contribution in [2.75, 3.05) is 37.1 Å². The van der Waals surface area contributed by atoms with Crippen molar-refractivity contribution < 1.29 is 278 Å². The summed E-state index contributed by atoms with van der Waals surface area (Å²) in [7, 11) is -85.6. The van der Waals surface area contributed by atoms with Gasteiger partial charge >= 0.3 is 146 Å². The molecule has 66 nitrogen and oxygen atoms in total. The number of hydrogen-bond donors (Lipinski definition) is 16. The van der Waals surface area contributed by atoms with Gasteiger partial charge in [0.2, 0.25) is 11.8 Å². The number of nitrogens with one attached hydrogen (secondary N) is 2. The van der Waals surface area contributed by atoms with Crippen LogP contribution in [0.5, 0.6) is 0 Å². The summed E-state index contributed by atoms with van der Waals surface area (Å²) >= 11 is 0.157. The summed E-state index contributed by atoms with van der Waals surface area (Å²) in [4.78, 5) is 25.8. The maximum absolute atomic E-state index is 13.2. The molecule has 20 atom stereocenters. The standard InChI is InChI=1S/C40H56N2O64S16/c43-23(41-15-1-5-17(6-2-15)107-39-35(105-121(81,82)83)29(99-115(63,64)65)25(19(93-39)11-87-109(45,46)47)95-37-33(103-119(75,76)77)31(101-117(69,70)71)27(97-113(57,58)59)21(91-37)13-89-111(51,52)53)9-10-24(44)42-16-3-7-18(8-4-16)108-40-36(106-122(84,85)86)30(100-116(66,67)68)26(20(94-40)12-88-110(48,49)50)96-38-34(104-120(78,79)80)32(102-118(72,73)74)28(98-114(60,61)62)22(92-38)14-90-112(54,55)56/h1-8,19-22,25-40H,9-14H2,(H,41,43)(H,42,44)(H,45,46,47)(H,48,49,50)(H,51,52,53)(H,54,55,56)(H,57,58,59)(H,60,61,62)(H,63,64,65)(H,66,67,68)(H,69,70,71)(H,72,73,74)(H,75,76,77)(H,78,79,80)(H,81,82,83)(H,84,85,86)/t19-,20-,21-,22-,25-,26-,27-,28-,29+,30+,31+,32+,33-,34-,35-,36-,37-,38-,39+,40+/m1/s1. The van der Waals surface area contributed by atoms with E-state index in [2.05, 4.69) is 69.2 Å². The number of anilines is 2. The Morgan fingerprint density at radius 3 is 0.680 bits per heavy atom. The third-order valence-corrected chi connectivity index (χ3v) is 22.9. The number of thioether (sulfide) groups is 2. The van der Waals surface area contributed by atoms with Crippen molar-refractivity contribution in [2.45, 2.75) is 144 Å². The van der Waals surface area contributed by atoms with E-state index in [1.165, 1.54) is 0 Å².